The topological polar surface area (TPSA) is 60.7 Å². The van der Waals surface area contributed by atoms with Gasteiger partial charge in [-0.05, 0) is 24.3 Å². The average molecular weight is 468 g/mol. The summed E-state index contributed by atoms with van der Waals surface area (Å²) >= 11 is 0. The minimum atomic E-state index is -0.405. The number of benzene rings is 2. The monoisotopic (exact) mass is 468 g/mol. The predicted molar refractivity (Wildman–Crippen MR) is 111 cm³/mol. The van der Waals surface area contributed by atoms with E-state index in [2.05, 4.69) is 10.3 Å². The van der Waals surface area contributed by atoms with Gasteiger partial charge in [0, 0.05) is 26.2 Å². The second kappa shape index (κ2) is 11.3. The number of nitrogens with one attached hydrogen (secondary N) is 1. The van der Waals surface area contributed by atoms with Gasteiger partial charge in [0.05, 0.1) is 18.2 Å². The highest BCUT2D eigenvalue weighted by atomic mass is 127. The van der Waals surface area contributed by atoms with Crippen LogP contribution in [-0.4, -0.2) is 38.1 Å². The van der Waals surface area contributed by atoms with E-state index >= 15 is 0 Å². The lowest BCUT2D eigenvalue weighted by atomic mass is 10.1. The summed E-state index contributed by atoms with van der Waals surface area (Å²) in [7, 11) is 3.56. The molecule has 0 aliphatic rings. The van der Waals surface area contributed by atoms with E-state index in [1.54, 1.807) is 19.2 Å². The van der Waals surface area contributed by atoms with Crippen molar-refractivity contribution in [3.05, 3.63) is 65.5 Å². The number of rotatable bonds is 6. The van der Waals surface area contributed by atoms with Crippen molar-refractivity contribution in [2.45, 2.75) is 6.54 Å². The smallest absolute Gasteiger partial charge is 0.193 e. The SMILES string of the molecule is CN=C(NCc1ccc(C#N)cc1F)N(C)CCOc1ccccc1.I. The van der Waals surface area contributed by atoms with Crippen LogP contribution in [0.5, 0.6) is 5.75 Å². The molecule has 0 fully saturated rings. The predicted octanol–water partition coefficient (Wildman–Crippen LogP) is 3.40. The van der Waals surface area contributed by atoms with E-state index in [9.17, 15) is 4.39 Å². The maximum absolute atomic E-state index is 13.9. The Balaban J connectivity index is 0.00000338. The molecule has 0 unspecified atom stereocenters. The Morgan fingerprint density at radius 1 is 1.27 bits per heavy atom. The zero-order valence-corrected chi connectivity index (χ0v) is 17.1. The van der Waals surface area contributed by atoms with Crippen molar-refractivity contribution < 1.29 is 9.13 Å². The normalized spacial score (nSPS) is 10.5. The first-order chi connectivity index (χ1) is 12.1. The van der Waals surface area contributed by atoms with Crippen LogP contribution in [0, 0.1) is 17.1 Å². The van der Waals surface area contributed by atoms with E-state index in [1.165, 1.54) is 6.07 Å². The van der Waals surface area contributed by atoms with Crippen LogP contribution in [0.2, 0.25) is 0 Å². The highest BCUT2D eigenvalue weighted by molar-refractivity contribution is 14.0. The highest BCUT2D eigenvalue weighted by Gasteiger charge is 2.08. The molecule has 0 heterocycles. The zero-order chi connectivity index (χ0) is 18.1. The fourth-order valence-electron chi connectivity index (χ4n) is 2.24. The van der Waals surface area contributed by atoms with Crippen LogP contribution in [0.1, 0.15) is 11.1 Å². The number of likely N-dealkylation sites (N-methyl/N-ethyl adjacent to an activating group) is 1. The molecule has 7 heteroatoms. The standard InChI is InChI=1S/C19H21FN4O.HI/c1-22-19(23-14-16-9-8-15(13-21)12-18(16)20)24(2)10-11-25-17-6-4-3-5-7-17;/h3-9,12H,10-11,14H2,1-2H3,(H,22,23);1H. The molecular weight excluding hydrogens is 446 g/mol. The van der Waals surface area contributed by atoms with Crippen molar-refractivity contribution in [2.75, 3.05) is 27.2 Å². The van der Waals surface area contributed by atoms with Crippen LogP contribution in [0.15, 0.2) is 53.5 Å². The van der Waals surface area contributed by atoms with E-state index in [4.69, 9.17) is 10.00 Å². The van der Waals surface area contributed by atoms with Crippen LogP contribution < -0.4 is 10.1 Å². The van der Waals surface area contributed by atoms with E-state index < -0.39 is 5.82 Å². The minimum Gasteiger partial charge on any atom is -0.492 e. The highest BCUT2D eigenvalue weighted by Crippen LogP contribution is 2.10. The molecule has 0 saturated carbocycles. The minimum absolute atomic E-state index is 0. The number of nitrogens with zero attached hydrogens (tertiary/aromatic N) is 3. The van der Waals surface area contributed by atoms with Crippen molar-refractivity contribution in [1.82, 2.24) is 10.2 Å². The lowest BCUT2D eigenvalue weighted by Crippen LogP contribution is -2.40. The number of aliphatic imine (C=N–C) groups is 1. The van der Waals surface area contributed by atoms with Crippen LogP contribution in [0.25, 0.3) is 0 Å². The third kappa shape index (κ3) is 6.52. The summed E-state index contributed by atoms with van der Waals surface area (Å²) in [6.45, 7) is 1.42. The number of guanidine groups is 1. The molecule has 2 aromatic carbocycles. The fourth-order valence-corrected chi connectivity index (χ4v) is 2.24. The van der Waals surface area contributed by atoms with Crippen LogP contribution >= 0.6 is 24.0 Å². The molecule has 0 atom stereocenters. The molecule has 2 aromatic rings. The van der Waals surface area contributed by atoms with E-state index in [-0.39, 0.29) is 30.5 Å². The summed E-state index contributed by atoms with van der Waals surface area (Å²) in [4.78, 5) is 6.10. The summed E-state index contributed by atoms with van der Waals surface area (Å²) in [6, 6.07) is 15.9. The van der Waals surface area contributed by atoms with Gasteiger partial charge in [0.25, 0.3) is 0 Å². The Hall–Kier alpha value is -2.34. The number of halogens is 2. The molecule has 138 valence electrons. The van der Waals surface area contributed by atoms with Crippen LogP contribution in [0.3, 0.4) is 0 Å². The summed E-state index contributed by atoms with van der Waals surface area (Å²) in [5.41, 5.74) is 0.787. The van der Waals surface area contributed by atoms with Gasteiger partial charge in [-0.1, -0.05) is 24.3 Å². The Kier molecular flexibility index (Phi) is 9.44. The summed E-state index contributed by atoms with van der Waals surface area (Å²) < 4.78 is 19.6. The number of ether oxygens (including phenoxy) is 1. The maximum atomic E-state index is 13.9. The lowest BCUT2D eigenvalue weighted by Gasteiger charge is -2.22. The van der Waals surface area contributed by atoms with Crippen LogP contribution in [0.4, 0.5) is 4.39 Å². The van der Waals surface area contributed by atoms with E-state index in [1.807, 2.05) is 48.3 Å². The van der Waals surface area contributed by atoms with Crippen molar-refractivity contribution in [1.29, 1.82) is 5.26 Å². The molecule has 0 spiro atoms. The molecule has 0 amide bonds. The summed E-state index contributed by atoms with van der Waals surface area (Å²) in [6.07, 6.45) is 0. The van der Waals surface area contributed by atoms with Crippen molar-refractivity contribution in [3.8, 4) is 11.8 Å². The van der Waals surface area contributed by atoms with Gasteiger partial charge in [-0.25, -0.2) is 4.39 Å². The number of hydrogen-bond acceptors (Lipinski definition) is 3. The van der Waals surface area contributed by atoms with Gasteiger partial charge in [-0.15, -0.1) is 24.0 Å². The third-order valence-electron chi connectivity index (χ3n) is 3.63. The maximum Gasteiger partial charge on any atom is 0.193 e. The molecule has 0 aliphatic carbocycles. The molecule has 0 saturated heterocycles. The molecule has 2 rings (SSSR count). The Morgan fingerprint density at radius 3 is 2.62 bits per heavy atom. The lowest BCUT2D eigenvalue weighted by molar-refractivity contribution is 0.281. The number of nitriles is 1. The molecular formula is C19H22FIN4O. The number of para-hydroxylation sites is 1. The Labute approximate surface area is 170 Å². The van der Waals surface area contributed by atoms with Crippen molar-refractivity contribution in [2.24, 2.45) is 4.99 Å². The average Bonchev–Trinajstić information content (AvgIpc) is 2.64. The Bertz CT molecular complexity index is 762. The molecule has 5 nitrogen and oxygen atoms in total. The quantitative estimate of drug-likeness (QED) is 0.401. The molecule has 1 N–H and O–H groups in total. The van der Waals surface area contributed by atoms with Crippen LogP contribution in [-0.2, 0) is 6.54 Å². The van der Waals surface area contributed by atoms with Gasteiger partial charge in [0.15, 0.2) is 5.96 Å². The van der Waals surface area contributed by atoms with Gasteiger partial charge in [0.1, 0.15) is 18.2 Å². The molecule has 26 heavy (non-hydrogen) atoms. The molecule has 0 bridgehead atoms. The zero-order valence-electron chi connectivity index (χ0n) is 14.8. The fraction of sp³-hybridized carbons (Fsp3) is 0.263. The first kappa shape index (κ1) is 21.7. The second-order valence-electron chi connectivity index (χ2n) is 5.40. The van der Waals surface area contributed by atoms with Gasteiger partial charge in [-0.3, -0.25) is 4.99 Å². The molecule has 0 radical (unpaired) electrons. The van der Waals surface area contributed by atoms with E-state index in [0.29, 0.717) is 30.2 Å². The third-order valence-corrected chi connectivity index (χ3v) is 3.63. The van der Waals surface area contributed by atoms with E-state index in [0.717, 1.165) is 5.75 Å². The molecule has 0 aliphatic heterocycles. The second-order valence-corrected chi connectivity index (χ2v) is 5.40. The Morgan fingerprint density at radius 2 is 2.00 bits per heavy atom. The first-order valence-corrected chi connectivity index (χ1v) is 7.92. The van der Waals surface area contributed by atoms with Gasteiger partial charge in [0.2, 0.25) is 0 Å². The van der Waals surface area contributed by atoms with Crippen molar-refractivity contribution >= 4 is 29.9 Å². The largest absolute Gasteiger partial charge is 0.492 e. The molecule has 0 aromatic heterocycles. The summed E-state index contributed by atoms with van der Waals surface area (Å²) in [5, 5.41) is 11.9. The van der Waals surface area contributed by atoms with Gasteiger partial charge < -0.3 is 15.0 Å². The van der Waals surface area contributed by atoms with Gasteiger partial charge in [-0.2, -0.15) is 5.26 Å². The van der Waals surface area contributed by atoms with Gasteiger partial charge >= 0.3 is 0 Å². The summed E-state index contributed by atoms with van der Waals surface area (Å²) in [5.74, 6) is 1.05. The number of hydrogen-bond donors (Lipinski definition) is 1. The first-order valence-electron chi connectivity index (χ1n) is 7.92. The van der Waals surface area contributed by atoms with Crippen molar-refractivity contribution in [3.63, 3.8) is 0 Å².